The highest BCUT2D eigenvalue weighted by Gasteiger charge is 2.39. The molecular weight excluding hydrogens is 300 g/mol. The van der Waals surface area contributed by atoms with Gasteiger partial charge in [0.05, 0.1) is 26.4 Å². The van der Waals surface area contributed by atoms with Gasteiger partial charge in [0.2, 0.25) is 11.2 Å². The summed E-state index contributed by atoms with van der Waals surface area (Å²) in [5.74, 6) is -1.22. The fourth-order valence-corrected chi connectivity index (χ4v) is 2.43. The summed E-state index contributed by atoms with van der Waals surface area (Å²) in [6, 6.07) is -0.248. The SMILES string of the molecule is CCCN(c1nc(Cl)nc(OC)n1)C1COCC1C(=O)O. The number of hydrogen-bond acceptors (Lipinski definition) is 7. The van der Waals surface area contributed by atoms with Crippen LogP contribution in [0.5, 0.6) is 6.01 Å². The van der Waals surface area contributed by atoms with Crippen LogP contribution in [0.25, 0.3) is 0 Å². The second-order valence-electron chi connectivity index (χ2n) is 4.63. The minimum absolute atomic E-state index is 0.00347. The summed E-state index contributed by atoms with van der Waals surface area (Å²) in [6.45, 7) is 3.05. The van der Waals surface area contributed by atoms with E-state index in [0.29, 0.717) is 19.1 Å². The van der Waals surface area contributed by atoms with Gasteiger partial charge < -0.3 is 19.5 Å². The Morgan fingerprint density at radius 2 is 2.24 bits per heavy atom. The molecule has 116 valence electrons. The molecule has 2 atom stereocenters. The molecule has 1 N–H and O–H groups in total. The molecule has 8 nitrogen and oxygen atoms in total. The van der Waals surface area contributed by atoms with Gasteiger partial charge in [-0.3, -0.25) is 4.79 Å². The zero-order valence-corrected chi connectivity index (χ0v) is 12.6. The molecule has 0 aliphatic carbocycles. The summed E-state index contributed by atoms with van der Waals surface area (Å²) in [4.78, 5) is 25.2. The number of halogens is 1. The number of carbonyl (C=O) groups is 1. The highest BCUT2D eigenvalue weighted by Crippen LogP contribution is 2.25. The van der Waals surface area contributed by atoms with Crippen molar-refractivity contribution in [1.29, 1.82) is 0 Å². The summed E-state index contributed by atoms with van der Waals surface area (Å²) in [5.41, 5.74) is 0. The molecule has 2 heterocycles. The number of aromatic nitrogens is 3. The number of anilines is 1. The lowest BCUT2D eigenvalue weighted by molar-refractivity contribution is -0.142. The molecule has 1 aliphatic rings. The Kier molecular flexibility index (Phi) is 5.13. The van der Waals surface area contributed by atoms with Crippen LogP contribution in [0.4, 0.5) is 5.95 Å². The Morgan fingerprint density at radius 3 is 2.86 bits per heavy atom. The number of rotatable bonds is 6. The predicted molar refractivity (Wildman–Crippen MR) is 74.8 cm³/mol. The standard InChI is InChI=1S/C12H17ClN4O4/c1-3-4-17(8-6-21-5-7(8)9(18)19)11-14-10(13)15-12(16-11)20-2/h7-8H,3-6H2,1-2H3,(H,18,19). The third-order valence-corrected chi connectivity index (χ3v) is 3.42. The smallest absolute Gasteiger partial charge is 0.322 e. The molecule has 2 rings (SSSR count). The van der Waals surface area contributed by atoms with Crippen molar-refractivity contribution < 1.29 is 19.4 Å². The average molecular weight is 317 g/mol. The zero-order chi connectivity index (χ0) is 15.4. The minimum Gasteiger partial charge on any atom is -0.481 e. The fraction of sp³-hybridized carbons (Fsp3) is 0.667. The van der Waals surface area contributed by atoms with Gasteiger partial charge >= 0.3 is 12.0 Å². The number of carboxylic acid groups (broad SMARTS) is 1. The van der Waals surface area contributed by atoms with E-state index in [9.17, 15) is 9.90 Å². The fourth-order valence-electron chi connectivity index (χ4n) is 2.28. The minimum atomic E-state index is -0.897. The number of hydrogen-bond donors (Lipinski definition) is 1. The average Bonchev–Trinajstić information content (AvgIpc) is 2.93. The van der Waals surface area contributed by atoms with Crippen LogP contribution in [0.1, 0.15) is 13.3 Å². The first-order valence-corrected chi connectivity index (χ1v) is 6.97. The van der Waals surface area contributed by atoms with Crippen LogP contribution in [0.15, 0.2) is 0 Å². The van der Waals surface area contributed by atoms with Gasteiger partial charge in [0.1, 0.15) is 5.92 Å². The maximum Gasteiger partial charge on any atom is 0.322 e. The monoisotopic (exact) mass is 316 g/mol. The molecule has 1 saturated heterocycles. The Balaban J connectivity index is 2.34. The third-order valence-electron chi connectivity index (χ3n) is 3.25. The summed E-state index contributed by atoms with van der Waals surface area (Å²) in [7, 11) is 1.43. The van der Waals surface area contributed by atoms with Gasteiger partial charge in [0, 0.05) is 6.54 Å². The molecule has 1 fully saturated rings. The van der Waals surface area contributed by atoms with Crippen LogP contribution in [-0.4, -0.2) is 58.9 Å². The first-order valence-electron chi connectivity index (χ1n) is 6.59. The molecular formula is C12H17ClN4O4. The summed E-state index contributed by atoms with van der Waals surface area (Å²) < 4.78 is 10.3. The molecule has 0 amide bonds. The van der Waals surface area contributed by atoms with Crippen molar-refractivity contribution in [3.8, 4) is 6.01 Å². The van der Waals surface area contributed by atoms with E-state index in [-0.39, 0.29) is 23.9 Å². The summed E-state index contributed by atoms with van der Waals surface area (Å²) in [5, 5.41) is 9.30. The number of ether oxygens (including phenoxy) is 2. The van der Waals surface area contributed by atoms with Gasteiger partial charge in [-0.2, -0.15) is 15.0 Å². The second kappa shape index (κ2) is 6.86. The molecule has 0 saturated carbocycles. The molecule has 1 aliphatic heterocycles. The van der Waals surface area contributed by atoms with Crippen molar-refractivity contribution in [1.82, 2.24) is 15.0 Å². The summed E-state index contributed by atoms with van der Waals surface area (Å²) in [6.07, 6.45) is 0.800. The Hall–Kier alpha value is -1.67. The lowest BCUT2D eigenvalue weighted by Crippen LogP contribution is -2.44. The zero-order valence-electron chi connectivity index (χ0n) is 11.8. The topological polar surface area (TPSA) is 97.7 Å². The van der Waals surface area contributed by atoms with Crippen LogP contribution >= 0.6 is 11.6 Å². The number of methoxy groups -OCH3 is 1. The predicted octanol–water partition coefficient (Wildman–Crippen LogP) is 0.850. The number of carboxylic acids is 1. The second-order valence-corrected chi connectivity index (χ2v) is 4.97. The first kappa shape index (κ1) is 15.7. The van der Waals surface area contributed by atoms with E-state index in [4.69, 9.17) is 21.1 Å². The van der Waals surface area contributed by atoms with Gasteiger partial charge in [-0.05, 0) is 18.0 Å². The molecule has 21 heavy (non-hydrogen) atoms. The van der Waals surface area contributed by atoms with Crippen LogP contribution < -0.4 is 9.64 Å². The first-order chi connectivity index (χ1) is 10.1. The van der Waals surface area contributed by atoms with E-state index in [0.717, 1.165) is 6.42 Å². The molecule has 0 aromatic carbocycles. The Bertz CT molecular complexity index is 516. The molecule has 9 heteroatoms. The van der Waals surface area contributed by atoms with E-state index in [1.165, 1.54) is 7.11 Å². The quantitative estimate of drug-likeness (QED) is 0.825. The van der Waals surface area contributed by atoms with Gasteiger partial charge in [-0.1, -0.05) is 6.92 Å². The van der Waals surface area contributed by atoms with E-state index in [1.807, 2.05) is 6.92 Å². The van der Waals surface area contributed by atoms with Crippen molar-refractivity contribution in [2.45, 2.75) is 19.4 Å². The Morgan fingerprint density at radius 1 is 1.48 bits per heavy atom. The van der Waals surface area contributed by atoms with Crippen molar-refractivity contribution in [2.24, 2.45) is 5.92 Å². The summed E-state index contributed by atoms with van der Waals surface area (Å²) >= 11 is 5.86. The van der Waals surface area contributed by atoms with Crippen LogP contribution in [0, 0.1) is 5.92 Å². The van der Waals surface area contributed by atoms with Gasteiger partial charge in [-0.15, -0.1) is 0 Å². The molecule has 1 aromatic rings. The lowest BCUT2D eigenvalue weighted by atomic mass is 10.0. The van der Waals surface area contributed by atoms with E-state index in [2.05, 4.69) is 15.0 Å². The third kappa shape index (κ3) is 3.51. The van der Waals surface area contributed by atoms with Crippen LogP contribution in [0.3, 0.4) is 0 Å². The van der Waals surface area contributed by atoms with Crippen molar-refractivity contribution in [3.63, 3.8) is 0 Å². The normalized spacial score (nSPS) is 21.3. The highest BCUT2D eigenvalue weighted by molar-refractivity contribution is 6.28. The maximum atomic E-state index is 11.3. The maximum absolute atomic E-state index is 11.3. The molecule has 0 radical (unpaired) electrons. The van der Waals surface area contributed by atoms with Crippen LogP contribution in [0.2, 0.25) is 5.28 Å². The van der Waals surface area contributed by atoms with Crippen LogP contribution in [-0.2, 0) is 9.53 Å². The van der Waals surface area contributed by atoms with Gasteiger partial charge in [0.15, 0.2) is 0 Å². The van der Waals surface area contributed by atoms with Gasteiger partial charge in [0.25, 0.3) is 0 Å². The lowest BCUT2D eigenvalue weighted by Gasteiger charge is -2.30. The van der Waals surface area contributed by atoms with E-state index in [1.54, 1.807) is 4.90 Å². The van der Waals surface area contributed by atoms with Crippen molar-refractivity contribution >= 4 is 23.5 Å². The largest absolute Gasteiger partial charge is 0.481 e. The van der Waals surface area contributed by atoms with E-state index < -0.39 is 11.9 Å². The Labute approximate surface area is 127 Å². The van der Waals surface area contributed by atoms with Crippen molar-refractivity contribution in [3.05, 3.63) is 5.28 Å². The highest BCUT2D eigenvalue weighted by atomic mass is 35.5. The molecule has 1 aromatic heterocycles. The molecule has 2 unspecified atom stereocenters. The van der Waals surface area contributed by atoms with Gasteiger partial charge in [-0.25, -0.2) is 0 Å². The number of nitrogens with zero attached hydrogens (tertiary/aromatic N) is 4. The molecule has 0 spiro atoms. The van der Waals surface area contributed by atoms with E-state index >= 15 is 0 Å². The van der Waals surface area contributed by atoms with Crippen molar-refractivity contribution in [2.75, 3.05) is 31.8 Å². The molecule has 0 bridgehead atoms. The number of aliphatic carboxylic acids is 1.